The molecule has 0 saturated carbocycles. The maximum atomic E-state index is 13.8. The Labute approximate surface area is 228 Å². The van der Waals surface area contributed by atoms with Crippen molar-refractivity contribution in [2.24, 2.45) is 0 Å². The minimum absolute atomic E-state index is 0.0184. The molecule has 0 unspecified atom stereocenters. The number of carbonyl (C=O) groups excluding carboxylic acids is 2. The summed E-state index contributed by atoms with van der Waals surface area (Å²) in [6.45, 7) is 4.75. The number of aryl methyl sites for hydroxylation is 2. The largest absolute Gasteiger partial charge is 0.357 e. The van der Waals surface area contributed by atoms with Gasteiger partial charge in [-0.25, -0.2) is 8.42 Å². The van der Waals surface area contributed by atoms with Crippen LogP contribution in [0.5, 0.6) is 0 Å². The van der Waals surface area contributed by atoms with Crippen molar-refractivity contribution in [3.63, 3.8) is 0 Å². The minimum Gasteiger partial charge on any atom is -0.357 e. The van der Waals surface area contributed by atoms with E-state index in [-0.39, 0.29) is 11.4 Å². The summed E-state index contributed by atoms with van der Waals surface area (Å²) in [5.74, 6) is -0.969. The molecule has 3 aromatic carbocycles. The molecule has 0 fully saturated rings. The third-order valence-electron chi connectivity index (χ3n) is 5.87. The van der Waals surface area contributed by atoms with Crippen molar-refractivity contribution in [3.8, 4) is 0 Å². The first-order chi connectivity index (χ1) is 17.4. The van der Waals surface area contributed by atoms with Crippen LogP contribution in [0, 0.1) is 13.8 Å². The van der Waals surface area contributed by atoms with E-state index >= 15 is 0 Å². The van der Waals surface area contributed by atoms with Gasteiger partial charge in [0, 0.05) is 23.6 Å². The number of hydrogen-bond acceptors (Lipinski definition) is 4. The van der Waals surface area contributed by atoms with E-state index in [1.807, 2.05) is 19.9 Å². The number of halogens is 2. The lowest BCUT2D eigenvalue weighted by atomic mass is 10.1. The number of rotatable bonds is 9. The Bertz CT molecular complexity index is 1380. The van der Waals surface area contributed by atoms with Crippen molar-refractivity contribution >= 4 is 50.7 Å². The first-order valence-corrected chi connectivity index (χ1v) is 13.7. The average Bonchev–Trinajstić information content (AvgIpc) is 2.85. The molecule has 10 heteroatoms. The van der Waals surface area contributed by atoms with Crippen molar-refractivity contribution in [2.45, 2.75) is 38.3 Å². The SMILES string of the molecule is CNC(=O)[C@H](C)N(Cc1ccc(Cl)cc1Cl)C(=O)CN(c1cc(C)cc(C)c1)S(=O)(=O)c1ccccc1. The number of nitrogens with zero attached hydrogens (tertiary/aromatic N) is 2. The zero-order valence-corrected chi connectivity index (χ0v) is 23.4. The van der Waals surface area contributed by atoms with Gasteiger partial charge in [0.1, 0.15) is 12.6 Å². The van der Waals surface area contributed by atoms with Crippen LogP contribution in [0.1, 0.15) is 23.6 Å². The Morgan fingerprint density at radius 2 is 1.57 bits per heavy atom. The zero-order valence-electron chi connectivity index (χ0n) is 21.0. The van der Waals surface area contributed by atoms with Crippen LogP contribution in [0.15, 0.2) is 71.6 Å². The molecule has 1 N–H and O–H groups in total. The molecule has 0 aliphatic carbocycles. The van der Waals surface area contributed by atoms with Gasteiger partial charge in [-0.05, 0) is 73.9 Å². The molecule has 2 amide bonds. The highest BCUT2D eigenvalue weighted by Crippen LogP contribution is 2.27. The summed E-state index contributed by atoms with van der Waals surface area (Å²) in [5.41, 5.74) is 2.62. The van der Waals surface area contributed by atoms with Crippen LogP contribution in [0.4, 0.5) is 5.69 Å². The van der Waals surface area contributed by atoms with Crippen molar-refractivity contribution < 1.29 is 18.0 Å². The Kier molecular flexibility index (Phi) is 9.23. The van der Waals surface area contributed by atoms with Gasteiger partial charge in [0.05, 0.1) is 10.6 Å². The molecule has 196 valence electrons. The molecule has 0 spiro atoms. The molecule has 0 heterocycles. The van der Waals surface area contributed by atoms with E-state index in [9.17, 15) is 18.0 Å². The molecule has 0 saturated heterocycles. The second kappa shape index (κ2) is 12.0. The van der Waals surface area contributed by atoms with E-state index in [0.29, 0.717) is 21.3 Å². The molecule has 0 radical (unpaired) electrons. The number of amides is 2. The normalized spacial score (nSPS) is 12.1. The van der Waals surface area contributed by atoms with Crippen molar-refractivity contribution in [2.75, 3.05) is 17.9 Å². The topological polar surface area (TPSA) is 86.8 Å². The van der Waals surface area contributed by atoms with E-state index in [0.717, 1.165) is 15.4 Å². The summed E-state index contributed by atoms with van der Waals surface area (Å²) in [7, 11) is -2.64. The molecule has 0 aliphatic heterocycles. The Hall–Kier alpha value is -3.07. The number of carbonyl (C=O) groups is 2. The average molecular weight is 563 g/mol. The summed E-state index contributed by atoms with van der Waals surface area (Å²) in [4.78, 5) is 27.7. The third-order valence-corrected chi connectivity index (χ3v) is 8.25. The molecular weight excluding hydrogens is 533 g/mol. The standard InChI is InChI=1S/C27H29Cl2N3O4S/c1-18-12-19(2)14-23(13-18)32(37(35,36)24-8-6-5-7-9-24)17-26(33)31(20(3)27(34)30-4)16-21-10-11-22(28)15-25(21)29/h5-15,20H,16-17H2,1-4H3,(H,30,34)/t20-/m0/s1. The van der Waals surface area contributed by atoms with E-state index in [1.54, 1.807) is 55.5 Å². The monoisotopic (exact) mass is 561 g/mol. The second-order valence-corrected chi connectivity index (χ2v) is 11.4. The smallest absolute Gasteiger partial charge is 0.264 e. The highest BCUT2D eigenvalue weighted by Gasteiger charge is 2.32. The Morgan fingerprint density at radius 1 is 0.946 bits per heavy atom. The first kappa shape index (κ1) is 28.5. The lowest BCUT2D eigenvalue weighted by Gasteiger charge is -2.32. The zero-order chi connectivity index (χ0) is 27.3. The fourth-order valence-corrected chi connectivity index (χ4v) is 5.86. The van der Waals surface area contributed by atoms with Crippen LogP contribution in [0.2, 0.25) is 10.0 Å². The summed E-state index contributed by atoms with van der Waals surface area (Å²) in [6, 6.07) is 17.2. The van der Waals surface area contributed by atoms with Gasteiger partial charge < -0.3 is 10.2 Å². The number of sulfonamides is 1. The van der Waals surface area contributed by atoms with E-state index < -0.39 is 34.4 Å². The number of benzene rings is 3. The molecular formula is C27H29Cl2N3O4S. The van der Waals surface area contributed by atoms with E-state index in [4.69, 9.17) is 23.2 Å². The molecule has 0 aliphatic rings. The number of nitrogens with one attached hydrogen (secondary N) is 1. The fraction of sp³-hybridized carbons (Fsp3) is 0.259. The Morgan fingerprint density at radius 3 is 2.14 bits per heavy atom. The predicted molar refractivity (Wildman–Crippen MR) is 147 cm³/mol. The van der Waals surface area contributed by atoms with Gasteiger partial charge >= 0.3 is 0 Å². The second-order valence-electron chi connectivity index (χ2n) is 8.72. The summed E-state index contributed by atoms with van der Waals surface area (Å²) in [5, 5.41) is 3.31. The number of anilines is 1. The van der Waals surface area contributed by atoms with Gasteiger partial charge in [0.15, 0.2) is 0 Å². The lowest BCUT2D eigenvalue weighted by molar-refractivity contribution is -0.139. The fourth-order valence-electron chi connectivity index (χ4n) is 3.97. The van der Waals surface area contributed by atoms with Crippen LogP contribution < -0.4 is 9.62 Å². The van der Waals surface area contributed by atoms with Gasteiger partial charge in [-0.15, -0.1) is 0 Å². The van der Waals surface area contributed by atoms with Gasteiger partial charge in [-0.3, -0.25) is 13.9 Å². The van der Waals surface area contributed by atoms with Crippen LogP contribution in [-0.2, 0) is 26.2 Å². The van der Waals surface area contributed by atoms with E-state index in [1.165, 1.54) is 24.1 Å². The molecule has 3 aromatic rings. The van der Waals surface area contributed by atoms with Crippen LogP contribution in [-0.4, -0.2) is 44.8 Å². The van der Waals surface area contributed by atoms with Crippen LogP contribution >= 0.6 is 23.2 Å². The van der Waals surface area contributed by atoms with Crippen LogP contribution in [0.3, 0.4) is 0 Å². The van der Waals surface area contributed by atoms with Gasteiger partial charge in [0.25, 0.3) is 10.0 Å². The van der Waals surface area contributed by atoms with Gasteiger partial charge in [-0.2, -0.15) is 0 Å². The number of likely N-dealkylation sites (N-methyl/N-ethyl adjacent to an activating group) is 1. The summed E-state index contributed by atoms with van der Waals surface area (Å²) < 4.78 is 28.6. The minimum atomic E-state index is -4.11. The maximum Gasteiger partial charge on any atom is 0.264 e. The highest BCUT2D eigenvalue weighted by atomic mass is 35.5. The number of hydrogen-bond donors (Lipinski definition) is 1. The molecule has 37 heavy (non-hydrogen) atoms. The summed E-state index contributed by atoms with van der Waals surface area (Å²) >= 11 is 12.4. The lowest BCUT2D eigenvalue weighted by Crippen LogP contribution is -2.50. The van der Waals surface area contributed by atoms with Gasteiger partial charge in [-0.1, -0.05) is 53.5 Å². The maximum absolute atomic E-state index is 13.8. The van der Waals surface area contributed by atoms with Crippen molar-refractivity contribution in [3.05, 3.63) is 93.5 Å². The molecule has 7 nitrogen and oxygen atoms in total. The molecule has 3 rings (SSSR count). The Balaban J connectivity index is 2.07. The van der Waals surface area contributed by atoms with Crippen molar-refractivity contribution in [1.29, 1.82) is 0 Å². The first-order valence-electron chi connectivity index (χ1n) is 11.5. The van der Waals surface area contributed by atoms with Crippen LogP contribution in [0.25, 0.3) is 0 Å². The summed E-state index contributed by atoms with van der Waals surface area (Å²) in [6.07, 6.45) is 0. The molecule has 0 bridgehead atoms. The quantitative estimate of drug-likeness (QED) is 0.399. The predicted octanol–water partition coefficient (Wildman–Crippen LogP) is 4.97. The van der Waals surface area contributed by atoms with Gasteiger partial charge in [0.2, 0.25) is 11.8 Å². The third kappa shape index (κ3) is 6.83. The van der Waals surface area contributed by atoms with E-state index in [2.05, 4.69) is 5.32 Å². The van der Waals surface area contributed by atoms with Crippen molar-refractivity contribution in [1.82, 2.24) is 10.2 Å². The molecule has 1 atom stereocenters. The molecule has 0 aromatic heterocycles. The highest BCUT2D eigenvalue weighted by molar-refractivity contribution is 7.92.